The fraction of sp³-hybridized carbons (Fsp3) is 0.600. The van der Waals surface area contributed by atoms with Crippen LogP contribution >= 0.6 is 0 Å². The van der Waals surface area contributed by atoms with Gasteiger partial charge in [0, 0.05) is 6.04 Å². The molecule has 0 saturated heterocycles. The summed E-state index contributed by atoms with van der Waals surface area (Å²) in [6, 6.07) is -0.273. The third-order valence-electron chi connectivity index (χ3n) is 2.95. The average molecular weight is 197 g/mol. The van der Waals surface area contributed by atoms with E-state index < -0.39 is 11.4 Å². The van der Waals surface area contributed by atoms with E-state index in [0.29, 0.717) is 6.42 Å². The van der Waals surface area contributed by atoms with Crippen molar-refractivity contribution in [3.05, 3.63) is 12.7 Å². The number of hydrogen-bond acceptors (Lipinski definition) is 2. The molecule has 1 fully saturated rings. The Bertz CT molecular complexity index is 275. The van der Waals surface area contributed by atoms with Gasteiger partial charge in [0.1, 0.15) is 0 Å². The smallest absolute Gasteiger partial charge is 0.311 e. The molecule has 0 bridgehead atoms. The number of amides is 1. The highest BCUT2D eigenvalue weighted by atomic mass is 16.4. The molecule has 14 heavy (non-hydrogen) atoms. The third-order valence-corrected chi connectivity index (χ3v) is 2.95. The molecule has 0 radical (unpaired) electrons. The summed E-state index contributed by atoms with van der Waals surface area (Å²) in [6.07, 6.45) is 3.35. The maximum Gasteiger partial charge on any atom is 0.311 e. The summed E-state index contributed by atoms with van der Waals surface area (Å²) in [7, 11) is 0. The summed E-state index contributed by atoms with van der Waals surface area (Å²) >= 11 is 0. The molecular formula is C10H15NO3. The minimum atomic E-state index is -0.843. The van der Waals surface area contributed by atoms with Crippen LogP contribution in [0.1, 0.15) is 26.2 Å². The molecule has 0 aromatic rings. The summed E-state index contributed by atoms with van der Waals surface area (Å²) in [5.74, 6) is -1.14. The number of carboxylic acid groups (broad SMARTS) is 1. The molecule has 1 rings (SSSR count). The molecule has 2 N–H and O–H groups in total. The standard InChI is InChI=1S/C10H15NO3/c1-3-8(12)11-7-5-4-6-10(7,2)9(13)14/h3,7H,1,4-6H2,2H3,(H,11,12)(H,13,14). The summed E-state index contributed by atoms with van der Waals surface area (Å²) in [5.41, 5.74) is -0.821. The van der Waals surface area contributed by atoms with Gasteiger partial charge in [-0.2, -0.15) is 0 Å². The Morgan fingerprint density at radius 1 is 1.64 bits per heavy atom. The van der Waals surface area contributed by atoms with Crippen molar-refractivity contribution < 1.29 is 14.7 Å². The lowest BCUT2D eigenvalue weighted by Gasteiger charge is -2.27. The molecule has 78 valence electrons. The van der Waals surface area contributed by atoms with Crippen LogP contribution in [-0.2, 0) is 9.59 Å². The summed E-state index contributed by atoms with van der Waals surface area (Å²) in [4.78, 5) is 22.1. The van der Waals surface area contributed by atoms with Crippen LogP contribution in [-0.4, -0.2) is 23.0 Å². The molecule has 1 amide bonds. The van der Waals surface area contributed by atoms with Gasteiger partial charge in [-0.3, -0.25) is 9.59 Å². The van der Waals surface area contributed by atoms with Crippen molar-refractivity contribution in [2.24, 2.45) is 5.41 Å². The zero-order valence-electron chi connectivity index (χ0n) is 8.25. The predicted octanol–water partition coefficient (Wildman–Crippen LogP) is 0.932. The van der Waals surface area contributed by atoms with Crippen molar-refractivity contribution in [3.8, 4) is 0 Å². The Hall–Kier alpha value is -1.32. The molecular weight excluding hydrogens is 182 g/mol. The number of carboxylic acids is 1. The monoisotopic (exact) mass is 197 g/mol. The Labute approximate surface area is 83.0 Å². The molecule has 0 aromatic carbocycles. The van der Waals surface area contributed by atoms with E-state index in [4.69, 9.17) is 5.11 Å². The van der Waals surface area contributed by atoms with Gasteiger partial charge in [-0.15, -0.1) is 0 Å². The first-order valence-corrected chi connectivity index (χ1v) is 4.67. The van der Waals surface area contributed by atoms with Crippen LogP contribution in [0.5, 0.6) is 0 Å². The molecule has 2 atom stereocenters. The largest absolute Gasteiger partial charge is 0.481 e. The quantitative estimate of drug-likeness (QED) is 0.661. The van der Waals surface area contributed by atoms with Gasteiger partial charge in [-0.05, 0) is 25.8 Å². The number of hydrogen-bond donors (Lipinski definition) is 2. The van der Waals surface area contributed by atoms with Gasteiger partial charge in [0.2, 0.25) is 5.91 Å². The highest BCUT2D eigenvalue weighted by molar-refractivity contribution is 5.88. The molecule has 0 aliphatic heterocycles. The minimum Gasteiger partial charge on any atom is -0.481 e. The van der Waals surface area contributed by atoms with Crippen molar-refractivity contribution >= 4 is 11.9 Å². The van der Waals surface area contributed by atoms with Gasteiger partial charge >= 0.3 is 5.97 Å². The van der Waals surface area contributed by atoms with Crippen LogP contribution in [0.15, 0.2) is 12.7 Å². The van der Waals surface area contributed by atoms with Crippen molar-refractivity contribution in [1.29, 1.82) is 0 Å². The molecule has 2 unspecified atom stereocenters. The minimum absolute atomic E-state index is 0.273. The second kappa shape index (κ2) is 3.82. The molecule has 4 heteroatoms. The van der Waals surface area contributed by atoms with Gasteiger partial charge in [0.05, 0.1) is 5.41 Å². The number of carbonyl (C=O) groups excluding carboxylic acids is 1. The first-order chi connectivity index (χ1) is 6.50. The predicted molar refractivity (Wildman–Crippen MR) is 51.7 cm³/mol. The topological polar surface area (TPSA) is 66.4 Å². The zero-order chi connectivity index (χ0) is 10.8. The molecule has 1 saturated carbocycles. The van der Waals surface area contributed by atoms with Gasteiger partial charge in [0.15, 0.2) is 0 Å². The van der Waals surface area contributed by atoms with E-state index in [-0.39, 0.29) is 11.9 Å². The highest BCUT2D eigenvalue weighted by Crippen LogP contribution is 2.38. The second-order valence-electron chi connectivity index (χ2n) is 3.88. The van der Waals surface area contributed by atoms with Crippen LogP contribution in [0.3, 0.4) is 0 Å². The summed E-state index contributed by atoms with van der Waals surface area (Å²) in [5, 5.41) is 11.7. The van der Waals surface area contributed by atoms with E-state index in [0.717, 1.165) is 12.8 Å². The molecule has 0 spiro atoms. The second-order valence-corrected chi connectivity index (χ2v) is 3.88. The van der Waals surface area contributed by atoms with Crippen LogP contribution in [0.2, 0.25) is 0 Å². The van der Waals surface area contributed by atoms with Gasteiger partial charge in [0.25, 0.3) is 0 Å². The zero-order valence-corrected chi connectivity index (χ0v) is 8.25. The fourth-order valence-electron chi connectivity index (χ4n) is 1.88. The molecule has 4 nitrogen and oxygen atoms in total. The highest BCUT2D eigenvalue weighted by Gasteiger charge is 2.45. The average Bonchev–Trinajstić information content (AvgIpc) is 2.49. The van der Waals surface area contributed by atoms with E-state index in [1.807, 2.05) is 0 Å². The Balaban J connectivity index is 2.73. The van der Waals surface area contributed by atoms with E-state index in [9.17, 15) is 9.59 Å². The lowest BCUT2D eigenvalue weighted by Crippen LogP contribution is -2.46. The maximum atomic E-state index is 11.1. The molecule has 0 aromatic heterocycles. The normalized spacial score (nSPS) is 31.1. The van der Waals surface area contributed by atoms with Crippen molar-refractivity contribution in [2.45, 2.75) is 32.2 Å². The summed E-state index contributed by atoms with van der Waals surface area (Å²) in [6.45, 7) is 5.01. The van der Waals surface area contributed by atoms with E-state index in [1.165, 1.54) is 6.08 Å². The Morgan fingerprint density at radius 3 is 2.79 bits per heavy atom. The van der Waals surface area contributed by atoms with Gasteiger partial charge in [-0.1, -0.05) is 13.0 Å². The first-order valence-electron chi connectivity index (χ1n) is 4.67. The fourth-order valence-corrected chi connectivity index (χ4v) is 1.88. The van der Waals surface area contributed by atoms with Gasteiger partial charge < -0.3 is 10.4 Å². The molecule has 0 heterocycles. The number of rotatable bonds is 3. The number of carbonyl (C=O) groups is 2. The van der Waals surface area contributed by atoms with E-state index >= 15 is 0 Å². The summed E-state index contributed by atoms with van der Waals surface area (Å²) < 4.78 is 0. The van der Waals surface area contributed by atoms with Crippen LogP contribution in [0.4, 0.5) is 0 Å². The number of aliphatic carboxylic acids is 1. The van der Waals surface area contributed by atoms with Crippen LogP contribution in [0.25, 0.3) is 0 Å². The lowest BCUT2D eigenvalue weighted by molar-refractivity contribution is -0.148. The lowest BCUT2D eigenvalue weighted by atomic mass is 9.85. The molecule has 1 aliphatic rings. The van der Waals surface area contributed by atoms with Crippen molar-refractivity contribution in [1.82, 2.24) is 5.32 Å². The van der Waals surface area contributed by atoms with Crippen molar-refractivity contribution in [3.63, 3.8) is 0 Å². The van der Waals surface area contributed by atoms with Crippen LogP contribution < -0.4 is 5.32 Å². The maximum absolute atomic E-state index is 11.1. The van der Waals surface area contributed by atoms with E-state index in [2.05, 4.69) is 11.9 Å². The van der Waals surface area contributed by atoms with Crippen LogP contribution in [0, 0.1) is 5.41 Å². The Morgan fingerprint density at radius 2 is 2.29 bits per heavy atom. The molecule has 1 aliphatic carbocycles. The van der Waals surface area contributed by atoms with Crippen molar-refractivity contribution in [2.75, 3.05) is 0 Å². The first kappa shape index (κ1) is 10.8. The van der Waals surface area contributed by atoms with E-state index in [1.54, 1.807) is 6.92 Å². The number of nitrogens with one attached hydrogen (secondary N) is 1. The Kier molecular flexibility index (Phi) is 2.93. The third kappa shape index (κ3) is 1.78. The van der Waals surface area contributed by atoms with Gasteiger partial charge in [-0.25, -0.2) is 0 Å². The SMILES string of the molecule is C=CC(=O)NC1CCCC1(C)C(=O)O.